The van der Waals surface area contributed by atoms with E-state index in [0.29, 0.717) is 0 Å². The van der Waals surface area contributed by atoms with Gasteiger partial charge in [-0.2, -0.15) is 13.2 Å². The first-order chi connectivity index (χ1) is 9.65. The van der Waals surface area contributed by atoms with E-state index < -0.39 is 26.2 Å². The zero-order valence-electron chi connectivity index (χ0n) is 11.3. The van der Waals surface area contributed by atoms with Crippen LogP contribution in [-0.2, 0) is 19.4 Å². The van der Waals surface area contributed by atoms with Gasteiger partial charge in [0.15, 0.2) is 0 Å². The van der Waals surface area contributed by atoms with E-state index in [1.807, 2.05) is 0 Å². The molecule has 0 aromatic heterocycles. The predicted molar refractivity (Wildman–Crippen MR) is 69.6 cm³/mol. The Hall–Kier alpha value is -1.77. The van der Waals surface area contributed by atoms with Crippen LogP contribution in [0.2, 0.25) is 0 Å². The van der Waals surface area contributed by atoms with Gasteiger partial charge >= 0.3 is 11.5 Å². The molecular weight excluding hydrogens is 311 g/mol. The summed E-state index contributed by atoms with van der Waals surface area (Å²) in [5.41, 5.74) is -5.60. The van der Waals surface area contributed by atoms with Crippen LogP contribution in [0.5, 0.6) is 0 Å². The Kier molecular flexibility index (Phi) is 5.21. The molecule has 0 aliphatic rings. The van der Waals surface area contributed by atoms with E-state index in [2.05, 4.69) is 4.74 Å². The van der Waals surface area contributed by atoms with Gasteiger partial charge in [-0.05, 0) is 19.1 Å². The molecule has 0 radical (unpaired) electrons. The number of likely N-dealkylation sites (N-methyl/N-ethyl adjacent to an activating group) is 1. The monoisotopic (exact) mass is 325 g/mol. The average Bonchev–Trinajstić information content (AvgIpc) is 2.43. The van der Waals surface area contributed by atoms with Crippen molar-refractivity contribution in [3.63, 3.8) is 0 Å². The maximum absolute atomic E-state index is 12.7. The Labute approximate surface area is 120 Å². The minimum absolute atomic E-state index is 0.138. The molecule has 9 heteroatoms. The van der Waals surface area contributed by atoms with Gasteiger partial charge in [0.1, 0.15) is 6.54 Å². The summed E-state index contributed by atoms with van der Waals surface area (Å²) in [5.74, 6) is -0.684. The Morgan fingerprint density at radius 1 is 1.29 bits per heavy atom. The lowest BCUT2D eigenvalue weighted by atomic mass is 10.3. The number of carbonyl (C=O) groups is 1. The minimum Gasteiger partial charge on any atom is -0.468 e. The number of hydrogen-bond acceptors (Lipinski definition) is 5. The lowest BCUT2D eigenvalue weighted by Crippen LogP contribution is -2.33. The fraction of sp³-hybridized carbons (Fsp3) is 0.417. The van der Waals surface area contributed by atoms with Crippen LogP contribution in [-0.4, -0.2) is 40.1 Å². The number of alkyl halides is 3. The third-order valence-corrected chi connectivity index (χ3v) is 4.26. The summed E-state index contributed by atoms with van der Waals surface area (Å²) in [6.07, 6.45) is 0. The van der Waals surface area contributed by atoms with E-state index in [4.69, 9.17) is 0 Å². The van der Waals surface area contributed by atoms with Crippen LogP contribution in [0.4, 0.5) is 18.9 Å². The van der Waals surface area contributed by atoms with Crippen LogP contribution >= 0.6 is 0 Å². The number of hydrogen-bond donors (Lipinski definition) is 0. The Morgan fingerprint density at radius 3 is 2.33 bits per heavy atom. The molecule has 0 amide bonds. The van der Waals surface area contributed by atoms with E-state index in [1.54, 1.807) is 6.92 Å². The molecule has 0 unspecified atom stereocenters. The molecule has 0 aliphatic carbocycles. The maximum atomic E-state index is 12.7. The van der Waals surface area contributed by atoms with Crippen LogP contribution < -0.4 is 4.90 Å². The van der Waals surface area contributed by atoms with Crippen LogP contribution in [0.15, 0.2) is 29.2 Å². The first kappa shape index (κ1) is 17.3. The molecule has 0 atom stereocenters. The van der Waals surface area contributed by atoms with E-state index in [0.717, 1.165) is 13.2 Å². The van der Waals surface area contributed by atoms with E-state index >= 15 is 0 Å². The second-order valence-electron chi connectivity index (χ2n) is 4.01. The maximum Gasteiger partial charge on any atom is 0.501 e. The molecule has 0 saturated heterocycles. The number of methoxy groups -OCH3 is 1. The summed E-state index contributed by atoms with van der Waals surface area (Å²) in [6, 6.07) is 4.65. The van der Waals surface area contributed by atoms with Crippen molar-refractivity contribution in [1.82, 2.24) is 0 Å². The molecule has 1 aromatic rings. The fourth-order valence-corrected chi connectivity index (χ4v) is 2.64. The Bertz CT molecular complexity index is 613. The number of anilines is 1. The quantitative estimate of drug-likeness (QED) is 0.775. The number of carbonyl (C=O) groups excluding carboxylic acids is 1. The van der Waals surface area contributed by atoms with Crippen molar-refractivity contribution >= 4 is 21.5 Å². The summed E-state index contributed by atoms with van der Waals surface area (Å²) in [5, 5.41) is 0. The van der Waals surface area contributed by atoms with E-state index in [1.165, 1.54) is 23.1 Å². The topological polar surface area (TPSA) is 63.7 Å². The second kappa shape index (κ2) is 6.33. The highest BCUT2D eigenvalue weighted by Crippen LogP contribution is 2.35. The van der Waals surface area contributed by atoms with Gasteiger partial charge < -0.3 is 9.64 Å². The number of rotatable bonds is 5. The summed E-state index contributed by atoms with van der Waals surface area (Å²) in [4.78, 5) is 11.6. The smallest absolute Gasteiger partial charge is 0.468 e. The number of para-hydroxylation sites is 1. The highest BCUT2D eigenvalue weighted by Gasteiger charge is 2.48. The third kappa shape index (κ3) is 3.66. The number of halogens is 3. The van der Waals surface area contributed by atoms with Gasteiger partial charge in [0.2, 0.25) is 0 Å². The van der Waals surface area contributed by atoms with Crippen LogP contribution in [0.1, 0.15) is 6.92 Å². The van der Waals surface area contributed by atoms with Crippen molar-refractivity contribution in [2.24, 2.45) is 0 Å². The number of sulfone groups is 1. The minimum atomic E-state index is -5.50. The van der Waals surface area contributed by atoms with Crippen LogP contribution in [0.3, 0.4) is 0 Å². The molecule has 0 saturated carbocycles. The molecule has 118 valence electrons. The van der Waals surface area contributed by atoms with Gasteiger partial charge in [-0.3, -0.25) is 4.79 Å². The van der Waals surface area contributed by atoms with Crippen molar-refractivity contribution in [1.29, 1.82) is 0 Å². The van der Waals surface area contributed by atoms with Crippen LogP contribution in [0.25, 0.3) is 0 Å². The van der Waals surface area contributed by atoms with Crippen molar-refractivity contribution < 1.29 is 31.1 Å². The van der Waals surface area contributed by atoms with Gasteiger partial charge in [-0.25, -0.2) is 8.42 Å². The molecule has 0 N–H and O–H groups in total. The lowest BCUT2D eigenvalue weighted by Gasteiger charge is -2.24. The van der Waals surface area contributed by atoms with Crippen molar-refractivity contribution in [2.75, 3.05) is 25.1 Å². The average molecular weight is 325 g/mol. The Balaban J connectivity index is 3.36. The first-order valence-corrected chi connectivity index (χ1v) is 7.35. The summed E-state index contributed by atoms with van der Waals surface area (Å²) in [7, 11) is -4.37. The predicted octanol–water partition coefficient (Wildman–Crippen LogP) is 1.98. The zero-order valence-corrected chi connectivity index (χ0v) is 12.2. The van der Waals surface area contributed by atoms with Gasteiger partial charge in [0, 0.05) is 6.54 Å². The van der Waals surface area contributed by atoms with Gasteiger partial charge in [0.25, 0.3) is 9.84 Å². The molecule has 0 aliphatic heterocycles. The molecule has 1 rings (SSSR count). The van der Waals surface area contributed by atoms with Gasteiger partial charge in [0.05, 0.1) is 17.7 Å². The highest BCUT2D eigenvalue weighted by atomic mass is 32.2. The van der Waals surface area contributed by atoms with Gasteiger partial charge in [-0.1, -0.05) is 12.1 Å². The molecule has 21 heavy (non-hydrogen) atoms. The van der Waals surface area contributed by atoms with Crippen molar-refractivity contribution in [2.45, 2.75) is 17.3 Å². The zero-order chi connectivity index (χ0) is 16.3. The fourth-order valence-electron chi connectivity index (χ4n) is 1.66. The lowest BCUT2D eigenvalue weighted by molar-refractivity contribution is -0.138. The summed E-state index contributed by atoms with van der Waals surface area (Å²) < 4.78 is 65.7. The van der Waals surface area contributed by atoms with Crippen molar-refractivity contribution in [3.05, 3.63) is 24.3 Å². The van der Waals surface area contributed by atoms with Crippen LogP contribution in [0, 0.1) is 0 Å². The van der Waals surface area contributed by atoms with Crippen molar-refractivity contribution in [3.8, 4) is 0 Å². The molecule has 0 bridgehead atoms. The number of nitrogens with zero attached hydrogens (tertiary/aromatic N) is 1. The molecular formula is C12H14F3NO4S. The second-order valence-corrected chi connectivity index (χ2v) is 5.92. The highest BCUT2D eigenvalue weighted by molar-refractivity contribution is 7.92. The molecule has 0 spiro atoms. The number of esters is 1. The summed E-state index contributed by atoms with van der Waals surface area (Å²) >= 11 is 0. The summed E-state index contributed by atoms with van der Waals surface area (Å²) in [6.45, 7) is 1.37. The molecule has 0 fully saturated rings. The van der Waals surface area contributed by atoms with Gasteiger partial charge in [-0.15, -0.1) is 0 Å². The van der Waals surface area contributed by atoms with E-state index in [-0.39, 0.29) is 18.8 Å². The van der Waals surface area contributed by atoms with E-state index in [9.17, 15) is 26.4 Å². The number of ether oxygens (including phenoxy) is 1. The number of benzene rings is 1. The molecule has 5 nitrogen and oxygen atoms in total. The molecule has 0 heterocycles. The largest absolute Gasteiger partial charge is 0.501 e. The molecule has 1 aromatic carbocycles. The third-order valence-electron chi connectivity index (χ3n) is 2.73. The normalized spacial score (nSPS) is 12.0. The Morgan fingerprint density at radius 2 is 1.86 bits per heavy atom. The SMILES string of the molecule is CCN(CC(=O)OC)c1ccccc1S(=O)(=O)C(F)(F)F. The first-order valence-electron chi connectivity index (χ1n) is 5.87. The standard InChI is InChI=1S/C12H14F3NO4S/c1-3-16(8-11(17)20-2)9-6-4-5-7-10(9)21(18,19)12(13,14)15/h4-7H,3,8H2,1-2H3.